The molecule has 3 aromatic rings. The second kappa shape index (κ2) is 8.36. The minimum absolute atomic E-state index is 0.0606. The van der Waals surface area contributed by atoms with Crippen molar-refractivity contribution in [1.29, 1.82) is 0 Å². The van der Waals surface area contributed by atoms with E-state index in [0.29, 0.717) is 24.5 Å². The lowest BCUT2D eigenvalue weighted by atomic mass is 10.1. The smallest absolute Gasteiger partial charge is 0.358 e. The lowest BCUT2D eigenvalue weighted by Crippen LogP contribution is -2.33. The average molecular weight is 407 g/mol. The number of benzene rings is 1. The number of esters is 1. The molecule has 0 amide bonds. The first kappa shape index (κ1) is 19.6. The zero-order chi connectivity index (χ0) is 21.1. The van der Waals surface area contributed by atoms with Crippen LogP contribution in [0.1, 0.15) is 32.2 Å². The number of para-hydroxylation sites is 2. The van der Waals surface area contributed by atoms with Crippen molar-refractivity contribution in [3.63, 3.8) is 0 Å². The van der Waals surface area contributed by atoms with Crippen LogP contribution < -0.4 is 9.47 Å². The van der Waals surface area contributed by atoms with E-state index in [1.54, 1.807) is 6.07 Å². The SMILES string of the molecule is Cc1cc(C(=O)COC(=O)c2cnccn2)c(C)n1C[C@H]1COc2ccccc2O1. The Morgan fingerprint density at radius 3 is 2.77 bits per heavy atom. The highest BCUT2D eigenvalue weighted by molar-refractivity contribution is 6.00. The van der Waals surface area contributed by atoms with E-state index in [4.69, 9.17) is 14.2 Å². The largest absolute Gasteiger partial charge is 0.486 e. The zero-order valence-corrected chi connectivity index (χ0v) is 16.7. The van der Waals surface area contributed by atoms with Crippen molar-refractivity contribution >= 4 is 11.8 Å². The summed E-state index contributed by atoms with van der Waals surface area (Å²) in [5, 5.41) is 0. The number of hydrogen-bond donors (Lipinski definition) is 0. The summed E-state index contributed by atoms with van der Waals surface area (Å²) < 4.78 is 18.9. The van der Waals surface area contributed by atoms with Gasteiger partial charge >= 0.3 is 5.97 Å². The van der Waals surface area contributed by atoms with E-state index < -0.39 is 5.97 Å². The molecule has 0 aliphatic carbocycles. The third-order valence-electron chi connectivity index (χ3n) is 4.93. The van der Waals surface area contributed by atoms with Crippen LogP contribution in [-0.2, 0) is 11.3 Å². The van der Waals surface area contributed by atoms with Crippen molar-refractivity contribution in [3.8, 4) is 11.5 Å². The van der Waals surface area contributed by atoms with Crippen LogP contribution in [0.2, 0.25) is 0 Å². The Morgan fingerprint density at radius 1 is 1.20 bits per heavy atom. The molecular formula is C22H21N3O5. The summed E-state index contributed by atoms with van der Waals surface area (Å²) in [4.78, 5) is 32.3. The molecular weight excluding hydrogens is 386 g/mol. The molecule has 0 radical (unpaired) electrons. The number of carbonyl (C=O) groups is 2. The zero-order valence-electron chi connectivity index (χ0n) is 16.7. The Labute approximate surface area is 173 Å². The van der Waals surface area contributed by atoms with E-state index in [9.17, 15) is 9.59 Å². The molecule has 1 aliphatic rings. The van der Waals surface area contributed by atoms with Crippen LogP contribution in [0.5, 0.6) is 11.5 Å². The van der Waals surface area contributed by atoms with Gasteiger partial charge in [0.2, 0.25) is 5.78 Å². The number of aryl methyl sites for hydroxylation is 1. The predicted octanol–water partition coefficient (Wildman–Crippen LogP) is 2.77. The highest BCUT2D eigenvalue weighted by atomic mass is 16.6. The highest BCUT2D eigenvalue weighted by Gasteiger charge is 2.24. The molecule has 4 rings (SSSR count). The fraction of sp³-hybridized carbons (Fsp3) is 0.273. The Bertz CT molecular complexity index is 1080. The van der Waals surface area contributed by atoms with Crippen LogP contribution in [0.25, 0.3) is 0 Å². The number of fused-ring (bicyclic) bond motifs is 1. The van der Waals surface area contributed by atoms with E-state index in [1.165, 1.54) is 18.6 Å². The van der Waals surface area contributed by atoms with Gasteiger partial charge in [0, 0.05) is 29.3 Å². The number of nitrogens with zero attached hydrogens (tertiary/aromatic N) is 3. The van der Waals surface area contributed by atoms with Gasteiger partial charge in [-0.05, 0) is 32.0 Å². The van der Waals surface area contributed by atoms with Gasteiger partial charge in [-0.1, -0.05) is 12.1 Å². The van der Waals surface area contributed by atoms with Gasteiger partial charge in [-0.3, -0.25) is 9.78 Å². The summed E-state index contributed by atoms with van der Waals surface area (Å²) in [5.74, 6) is 0.480. The molecule has 0 N–H and O–H groups in total. The number of carbonyl (C=O) groups excluding carboxylic acids is 2. The van der Waals surface area contributed by atoms with E-state index in [1.807, 2.05) is 42.7 Å². The van der Waals surface area contributed by atoms with Crippen LogP contribution in [-0.4, -0.2) is 45.6 Å². The minimum Gasteiger partial charge on any atom is -0.486 e. The van der Waals surface area contributed by atoms with Gasteiger partial charge in [-0.25, -0.2) is 9.78 Å². The number of rotatable bonds is 6. The van der Waals surface area contributed by atoms with Gasteiger partial charge in [-0.2, -0.15) is 0 Å². The first-order chi connectivity index (χ1) is 14.5. The topological polar surface area (TPSA) is 92.5 Å². The molecule has 0 saturated carbocycles. The van der Waals surface area contributed by atoms with Gasteiger partial charge in [0.15, 0.2) is 29.9 Å². The third kappa shape index (κ3) is 4.03. The number of aromatic nitrogens is 3. The van der Waals surface area contributed by atoms with Crippen LogP contribution in [0.4, 0.5) is 0 Å². The van der Waals surface area contributed by atoms with Crippen LogP contribution in [0.15, 0.2) is 48.9 Å². The average Bonchev–Trinajstić information content (AvgIpc) is 3.06. The lowest BCUT2D eigenvalue weighted by Gasteiger charge is -2.27. The summed E-state index contributed by atoms with van der Waals surface area (Å²) in [7, 11) is 0. The molecule has 0 saturated heterocycles. The molecule has 2 aromatic heterocycles. The normalized spacial score (nSPS) is 14.9. The third-order valence-corrected chi connectivity index (χ3v) is 4.93. The number of ether oxygens (including phenoxy) is 3. The van der Waals surface area contributed by atoms with Gasteiger partial charge in [0.25, 0.3) is 0 Å². The molecule has 0 unspecified atom stereocenters. The molecule has 1 atom stereocenters. The van der Waals surface area contributed by atoms with Gasteiger partial charge in [0.05, 0.1) is 12.7 Å². The molecule has 0 bridgehead atoms. The fourth-order valence-corrected chi connectivity index (χ4v) is 3.41. The van der Waals surface area contributed by atoms with Crippen LogP contribution >= 0.6 is 0 Å². The maximum Gasteiger partial charge on any atom is 0.358 e. The van der Waals surface area contributed by atoms with Crippen molar-refractivity contribution in [1.82, 2.24) is 14.5 Å². The summed E-state index contributed by atoms with van der Waals surface area (Å²) >= 11 is 0. The Hall–Kier alpha value is -3.68. The fourth-order valence-electron chi connectivity index (χ4n) is 3.41. The minimum atomic E-state index is -0.684. The Morgan fingerprint density at radius 2 is 2.00 bits per heavy atom. The lowest BCUT2D eigenvalue weighted by molar-refractivity contribution is 0.0468. The summed E-state index contributed by atoms with van der Waals surface area (Å²) in [5.41, 5.74) is 2.27. The van der Waals surface area contributed by atoms with E-state index in [0.717, 1.165) is 17.1 Å². The second-order valence-corrected chi connectivity index (χ2v) is 6.98. The summed E-state index contributed by atoms with van der Waals surface area (Å²) in [6, 6.07) is 9.34. The number of Topliss-reactive ketones (excluding diaryl/α,β-unsaturated/α-hetero) is 1. The highest BCUT2D eigenvalue weighted by Crippen LogP contribution is 2.31. The van der Waals surface area contributed by atoms with Crippen LogP contribution in [0.3, 0.4) is 0 Å². The summed E-state index contributed by atoms with van der Waals surface area (Å²) in [6.07, 6.45) is 3.96. The quantitative estimate of drug-likeness (QED) is 0.458. The molecule has 8 heteroatoms. The molecule has 1 aromatic carbocycles. The van der Waals surface area contributed by atoms with Gasteiger partial charge in [-0.15, -0.1) is 0 Å². The summed E-state index contributed by atoms with van der Waals surface area (Å²) in [6.45, 7) is 4.39. The maximum absolute atomic E-state index is 12.6. The van der Waals surface area contributed by atoms with Crippen molar-refractivity contribution < 1.29 is 23.8 Å². The first-order valence-electron chi connectivity index (χ1n) is 9.54. The van der Waals surface area contributed by atoms with Crippen molar-refractivity contribution in [3.05, 3.63) is 71.6 Å². The number of ketones is 1. The van der Waals surface area contributed by atoms with E-state index >= 15 is 0 Å². The molecule has 154 valence electrons. The predicted molar refractivity (Wildman–Crippen MR) is 107 cm³/mol. The van der Waals surface area contributed by atoms with Gasteiger partial charge < -0.3 is 18.8 Å². The molecule has 1 aliphatic heterocycles. The van der Waals surface area contributed by atoms with E-state index in [2.05, 4.69) is 9.97 Å². The van der Waals surface area contributed by atoms with Crippen LogP contribution in [0, 0.1) is 13.8 Å². The number of hydrogen-bond acceptors (Lipinski definition) is 7. The standard InChI is InChI=1S/C22H21N3O5/c1-14-9-17(19(26)13-29-22(27)18-10-23-7-8-24-18)15(2)25(14)11-16-12-28-20-5-3-4-6-21(20)30-16/h3-10,16H,11-13H2,1-2H3/t16-/m0/s1. The monoisotopic (exact) mass is 407 g/mol. The maximum atomic E-state index is 12.6. The molecule has 3 heterocycles. The van der Waals surface area contributed by atoms with Gasteiger partial charge in [0.1, 0.15) is 6.61 Å². The van der Waals surface area contributed by atoms with E-state index in [-0.39, 0.29) is 24.2 Å². The molecule has 30 heavy (non-hydrogen) atoms. The molecule has 8 nitrogen and oxygen atoms in total. The van der Waals surface area contributed by atoms with Crippen molar-refractivity contribution in [2.24, 2.45) is 0 Å². The molecule has 0 fully saturated rings. The first-order valence-corrected chi connectivity index (χ1v) is 9.54. The second-order valence-electron chi connectivity index (χ2n) is 6.98. The molecule has 0 spiro atoms. The Kier molecular flexibility index (Phi) is 5.47. The van der Waals surface area contributed by atoms with Crippen molar-refractivity contribution in [2.75, 3.05) is 13.2 Å². The van der Waals surface area contributed by atoms with Crippen molar-refractivity contribution in [2.45, 2.75) is 26.5 Å². The Balaban J connectivity index is 1.42.